The highest BCUT2D eigenvalue weighted by molar-refractivity contribution is 5.22. The van der Waals surface area contributed by atoms with Crippen LogP contribution in [-0.2, 0) is 23.7 Å². The van der Waals surface area contributed by atoms with Gasteiger partial charge in [0.25, 0.3) is 0 Å². The van der Waals surface area contributed by atoms with Crippen LogP contribution in [0.3, 0.4) is 0 Å². The highest BCUT2D eigenvalue weighted by Gasteiger charge is 2.53. The van der Waals surface area contributed by atoms with Crippen molar-refractivity contribution in [1.29, 1.82) is 0 Å². The minimum atomic E-state index is -1.93. The Hall–Kier alpha value is -1.02. The molecule has 0 bridgehead atoms. The molecular formula is C25H43NO18. The zero-order chi connectivity index (χ0) is 32.6. The summed E-state index contributed by atoms with van der Waals surface area (Å²) in [4.78, 5) is 0. The quantitative estimate of drug-likeness (QED) is 0.103. The Kier molecular flexibility index (Phi) is 12.1. The van der Waals surface area contributed by atoms with Gasteiger partial charge in [0, 0.05) is 0 Å². The highest BCUT2D eigenvalue weighted by Crippen LogP contribution is 2.32. The monoisotopic (exact) mass is 645 g/mol. The molecule has 19 atom stereocenters. The third-order valence-corrected chi connectivity index (χ3v) is 8.48. The number of hydrogen-bond acceptors (Lipinski definition) is 19. The van der Waals surface area contributed by atoms with Gasteiger partial charge in [-0.05, 0) is 12.5 Å². The van der Waals surface area contributed by atoms with Gasteiger partial charge >= 0.3 is 0 Å². The smallest absolute Gasteiger partial charge is 0.187 e. The normalized spacial score (nSPS) is 52.0. The molecule has 4 aliphatic rings. The molecule has 4 rings (SSSR count). The lowest BCUT2D eigenvalue weighted by Crippen LogP contribution is -2.68. The van der Waals surface area contributed by atoms with Gasteiger partial charge in [-0.3, -0.25) is 0 Å². The largest absolute Gasteiger partial charge is 0.394 e. The number of aliphatic hydroxyl groups excluding tert-OH is 13. The van der Waals surface area contributed by atoms with Crippen LogP contribution in [-0.4, -0.2) is 203 Å². The molecule has 19 nitrogen and oxygen atoms in total. The summed E-state index contributed by atoms with van der Waals surface area (Å²) in [5.41, 5.74) is 0.0225. The van der Waals surface area contributed by atoms with Crippen LogP contribution in [0.5, 0.6) is 0 Å². The average molecular weight is 646 g/mol. The van der Waals surface area contributed by atoms with Gasteiger partial charge < -0.3 is 95.4 Å². The number of rotatable bonds is 9. The summed E-state index contributed by atoms with van der Waals surface area (Å²) in [7, 11) is 0. The molecule has 3 saturated heterocycles. The molecule has 44 heavy (non-hydrogen) atoms. The molecule has 0 spiro atoms. The van der Waals surface area contributed by atoms with Gasteiger partial charge in [0.15, 0.2) is 18.9 Å². The number of hydrogen-bond donors (Lipinski definition) is 14. The first kappa shape index (κ1) is 35.8. The molecule has 1 aliphatic carbocycles. The van der Waals surface area contributed by atoms with E-state index in [9.17, 15) is 66.4 Å². The number of ether oxygens (including phenoxy) is 5. The van der Waals surface area contributed by atoms with Crippen molar-refractivity contribution in [2.24, 2.45) is 0 Å². The van der Waals surface area contributed by atoms with Crippen molar-refractivity contribution in [3.05, 3.63) is 11.6 Å². The fraction of sp³-hybridized carbons (Fsp3) is 0.920. The fourth-order valence-corrected chi connectivity index (χ4v) is 5.81. The second-order valence-corrected chi connectivity index (χ2v) is 11.4. The van der Waals surface area contributed by atoms with Gasteiger partial charge in [0.1, 0.15) is 79.4 Å². The van der Waals surface area contributed by atoms with Crippen molar-refractivity contribution < 1.29 is 90.1 Å². The molecule has 7 unspecified atom stereocenters. The maximum absolute atomic E-state index is 10.9. The van der Waals surface area contributed by atoms with Gasteiger partial charge in [-0.2, -0.15) is 0 Å². The lowest BCUT2D eigenvalue weighted by atomic mass is 9.86. The van der Waals surface area contributed by atoms with Crippen LogP contribution in [0.25, 0.3) is 0 Å². The fourth-order valence-electron chi connectivity index (χ4n) is 5.81. The van der Waals surface area contributed by atoms with Crippen LogP contribution in [0.2, 0.25) is 0 Å². The molecule has 0 radical (unpaired) electrons. The van der Waals surface area contributed by atoms with E-state index in [-0.39, 0.29) is 5.57 Å². The first-order valence-electron chi connectivity index (χ1n) is 14.1. The van der Waals surface area contributed by atoms with E-state index >= 15 is 0 Å². The third kappa shape index (κ3) is 6.96. The van der Waals surface area contributed by atoms with Crippen molar-refractivity contribution >= 4 is 0 Å². The zero-order valence-electron chi connectivity index (χ0n) is 23.5. The first-order chi connectivity index (χ1) is 20.7. The number of nitrogens with one attached hydrogen (secondary N) is 1. The van der Waals surface area contributed by atoms with Crippen LogP contribution < -0.4 is 5.32 Å². The molecule has 19 heteroatoms. The summed E-state index contributed by atoms with van der Waals surface area (Å²) in [6.45, 7) is -0.753. The van der Waals surface area contributed by atoms with Crippen molar-refractivity contribution in [2.45, 2.75) is 123 Å². The Labute approximate surface area is 250 Å². The molecule has 0 aromatic heterocycles. The molecule has 0 amide bonds. The molecule has 3 fully saturated rings. The van der Waals surface area contributed by atoms with Crippen molar-refractivity contribution in [3.63, 3.8) is 0 Å². The molecular weight excluding hydrogens is 602 g/mol. The maximum Gasteiger partial charge on any atom is 0.187 e. The van der Waals surface area contributed by atoms with E-state index in [4.69, 9.17) is 23.7 Å². The second kappa shape index (κ2) is 14.8. The Bertz CT molecular complexity index is 958. The number of aliphatic hydroxyl groups is 13. The highest BCUT2D eigenvalue weighted by atomic mass is 16.7. The summed E-state index contributed by atoms with van der Waals surface area (Å²) in [5, 5.41) is 136. The van der Waals surface area contributed by atoms with Crippen LogP contribution >= 0.6 is 0 Å². The third-order valence-electron chi connectivity index (χ3n) is 8.48. The van der Waals surface area contributed by atoms with Gasteiger partial charge in [0.05, 0.1) is 38.0 Å². The molecule has 14 N–H and O–H groups in total. The molecule has 0 aromatic carbocycles. The lowest BCUT2D eigenvalue weighted by Gasteiger charge is -2.48. The van der Waals surface area contributed by atoms with Crippen molar-refractivity contribution in [1.82, 2.24) is 5.32 Å². The lowest BCUT2D eigenvalue weighted by molar-refractivity contribution is -0.373. The SMILES string of the molecule is CC1O[C@@H](O[C@H]2C(CO)O[C@@H](O[C@H]3C(CO)O[C@@H](O)C(O)[C@H]3O)C(O)[C@H]2O)C(O)[C@@H](O)[C@H]1N[C@@H]1C=C(CO)[C@H](O)C(O)[C@H]1O. The summed E-state index contributed by atoms with van der Waals surface area (Å²) in [5.74, 6) is 0. The Morgan fingerprint density at radius 3 is 1.73 bits per heavy atom. The summed E-state index contributed by atoms with van der Waals surface area (Å²) in [6.07, 6.45) is -26.6. The molecule has 3 aliphatic heterocycles. The average Bonchev–Trinajstić information content (AvgIpc) is 3.00. The Morgan fingerprint density at radius 1 is 0.636 bits per heavy atom. The van der Waals surface area contributed by atoms with E-state index in [0.717, 1.165) is 0 Å². The van der Waals surface area contributed by atoms with E-state index in [1.54, 1.807) is 0 Å². The summed E-state index contributed by atoms with van der Waals surface area (Å²) in [6, 6.07) is -2.17. The predicted molar refractivity (Wildman–Crippen MR) is 138 cm³/mol. The summed E-state index contributed by atoms with van der Waals surface area (Å²) >= 11 is 0. The van der Waals surface area contributed by atoms with Crippen LogP contribution in [0.1, 0.15) is 6.92 Å². The van der Waals surface area contributed by atoms with E-state index in [1.807, 2.05) is 0 Å². The standard InChI is InChI=1S/C25H43NO18/c1-6-11(26-8-2-7(3-27)12(30)15(33)13(8)31)14(32)19(37)24(40-6)43-22-10(5-29)42-25(20(38)17(22)35)44-21-9(4-28)41-23(39)18(36)16(21)34/h2,6,8-39H,3-5H2,1H3/t6?,8-,9?,10?,11+,12+,13+,14+,15?,16-,17-,18?,19?,20?,21+,22+,23-,24+,25+/m1/s1. The second-order valence-electron chi connectivity index (χ2n) is 11.4. The Morgan fingerprint density at radius 2 is 1.16 bits per heavy atom. The topological polar surface area (TPSA) is 321 Å². The van der Waals surface area contributed by atoms with E-state index in [1.165, 1.54) is 13.0 Å². The summed E-state index contributed by atoms with van der Waals surface area (Å²) < 4.78 is 27.4. The van der Waals surface area contributed by atoms with Gasteiger partial charge in [0.2, 0.25) is 0 Å². The van der Waals surface area contributed by atoms with Crippen LogP contribution in [0.4, 0.5) is 0 Å². The van der Waals surface area contributed by atoms with Crippen molar-refractivity contribution in [3.8, 4) is 0 Å². The zero-order valence-corrected chi connectivity index (χ0v) is 23.5. The Balaban J connectivity index is 1.42. The van der Waals surface area contributed by atoms with E-state index < -0.39 is 136 Å². The minimum Gasteiger partial charge on any atom is -0.394 e. The molecule has 256 valence electrons. The van der Waals surface area contributed by atoms with Crippen LogP contribution in [0, 0.1) is 0 Å². The molecule has 0 saturated carbocycles. The molecule has 0 aromatic rings. The minimum absolute atomic E-state index is 0.0225. The van der Waals surface area contributed by atoms with Crippen LogP contribution in [0.15, 0.2) is 11.6 Å². The predicted octanol–water partition coefficient (Wildman–Crippen LogP) is -8.56. The van der Waals surface area contributed by atoms with E-state index in [2.05, 4.69) is 5.32 Å². The maximum atomic E-state index is 10.9. The first-order valence-corrected chi connectivity index (χ1v) is 14.1. The van der Waals surface area contributed by atoms with Crippen molar-refractivity contribution in [2.75, 3.05) is 19.8 Å². The van der Waals surface area contributed by atoms with E-state index in [0.29, 0.717) is 0 Å². The van der Waals surface area contributed by atoms with Gasteiger partial charge in [-0.25, -0.2) is 0 Å². The van der Waals surface area contributed by atoms with Gasteiger partial charge in [-0.1, -0.05) is 6.08 Å². The molecule has 3 heterocycles. The van der Waals surface area contributed by atoms with Gasteiger partial charge in [-0.15, -0.1) is 0 Å².